The molecule has 0 unspecified atom stereocenters. The molecule has 8 heteroatoms. The van der Waals surface area contributed by atoms with Crippen LogP contribution in [-0.2, 0) is 15.9 Å². The lowest BCUT2D eigenvalue weighted by Crippen LogP contribution is -2.16. The van der Waals surface area contributed by atoms with Gasteiger partial charge in [-0.05, 0) is 25.5 Å². The average Bonchev–Trinajstić information content (AvgIpc) is 2.72. The molecular weight excluding hydrogens is 372 g/mol. The molecule has 0 fully saturated rings. The lowest BCUT2D eigenvalue weighted by atomic mass is 9.98. The van der Waals surface area contributed by atoms with E-state index in [-0.39, 0.29) is 5.82 Å². The number of rotatable bonds is 10. The number of aromatic nitrogens is 1. The first-order valence-electron chi connectivity index (χ1n) is 9.73. The fourth-order valence-electron chi connectivity index (χ4n) is 3.09. The molecule has 0 atom stereocenters. The van der Waals surface area contributed by atoms with Crippen LogP contribution in [0.15, 0.2) is 18.2 Å². The quantitative estimate of drug-likeness (QED) is 0.501. The van der Waals surface area contributed by atoms with E-state index < -0.39 is 0 Å². The van der Waals surface area contributed by atoms with E-state index in [4.69, 9.17) is 24.7 Å². The Balaban J connectivity index is 1.82. The standard InChI is InChI=1S/C21H26N4O4/c1-3-26-8-7-24-19-16-11-14-5-6-15(28-10-9-27-4-2)12-18(14)29-21(16)25-20(23)17(19)13-22/h5-6,12H,3-4,7-11H2,1-2H3,(H3,23,24,25). The van der Waals surface area contributed by atoms with E-state index in [9.17, 15) is 5.26 Å². The van der Waals surface area contributed by atoms with E-state index >= 15 is 0 Å². The summed E-state index contributed by atoms with van der Waals surface area (Å²) in [6.07, 6.45) is 0.572. The van der Waals surface area contributed by atoms with Crippen molar-refractivity contribution in [1.29, 1.82) is 5.26 Å². The Morgan fingerprint density at radius 2 is 2.00 bits per heavy atom. The van der Waals surface area contributed by atoms with E-state index in [1.807, 2.05) is 32.0 Å². The van der Waals surface area contributed by atoms with E-state index in [0.717, 1.165) is 11.1 Å². The number of pyridine rings is 1. The summed E-state index contributed by atoms with van der Waals surface area (Å²) < 4.78 is 22.4. The number of nitriles is 1. The van der Waals surface area contributed by atoms with Crippen LogP contribution in [-0.4, -0.2) is 44.6 Å². The minimum absolute atomic E-state index is 0.137. The van der Waals surface area contributed by atoms with E-state index in [2.05, 4.69) is 16.4 Å². The van der Waals surface area contributed by atoms with Crippen molar-refractivity contribution in [3.05, 3.63) is 34.9 Å². The highest BCUT2D eigenvalue weighted by molar-refractivity contribution is 5.74. The van der Waals surface area contributed by atoms with Gasteiger partial charge in [-0.15, -0.1) is 0 Å². The van der Waals surface area contributed by atoms with Crippen LogP contribution in [0.5, 0.6) is 17.4 Å². The van der Waals surface area contributed by atoms with Crippen molar-refractivity contribution in [3.8, 4) is 23.4 Å². The zero-order valence-corrected chi connectivity index (χ0v) is 16.8. The minimum atomic E-state index is 0.137. The summed E-state index contributed by atoms with van der Waals surface area (Å²) in [5.74, 6) is 1.91. The number of nitrogen functional groups attached to an aromatic ring is 1. The van der Waals surface area contributed by atoms with Crippen molar-refractivity contribution < 1.29 is 18.9 Å². The van der Waals surface area contributed by atoms with Gasteiger partial charge in [-0.1, -0.05) is 6.07 Å². The van der Waals surface area contributed by atoms with Crippen LogP contribution in [0, 0.1) is 11.3 Å². The smallest absolute Gasteiger partial charge is 0.226 e. The Morgan fingerprint density at radius 1 is 1.21 bits per heavy atom. The molecule has 154 valence electrons. The molecule has 1 aliphatic rings. The molecule has 3 N–H and O–H groups in total. The second-order valence-electron chi connectivity index (χ2n) is 6.36. The van der Waals surface area contributed by atoms with Crippen molar-refractivity contribution in [2.24, 2.45) is 0 Å². The zero-order chi connectivity index (χ0) is 20.6. The number of benzene rings is 1. The summed E-state index contributed by atoms with van der Waals surface area (Å²) in [5, 5.41) is 12.8. The zero-order valence-electron chi connectivity index (χ0n) is 16.8. The van der Waals surface area contributed by atoms with Gasteiger partial charge < -0.3 is 30.0 Å². The molecule has 2 heterocycles. The van der Waals surface area contributed by atoms with Gasteiger partial charge in [0.2, 0.25) is 5.88 Å². The maximum Gasteiger partial charge on any atom is 0.226 e. The fourth-order valence-corrected chi connectivity index (χ4v) is 3.09. The minimum Gasteiger partial charge on any atom is -0.491 e. The molecule has 0 saturated heterocycles. The van der Waals surface area contributed by atoms with Crippen molar-refractivity contribution in [2.75, 3.05) is 50.6 Å². The first kappa shape index (κ1) is 20.7. The molecule has 29 heavy (non-hydrogen) atoms. The molecular formula is C21H26N4O4. The van der Waals surface area contributed by atoms with Gasteiger partial charge in [0.25, 0.3) is 0 Å². The number of fused-ring (bicyclic) bond motifs is 2. The Bertz CT molecular complexity index is 895. The summed E-state index contributed by atoms with van der Waals surface area (Å²) in [6, 6.07) is 7.84. The Hall–Kier alpha value is -3.02. The largest absolute Gasteiger partial charge is 0.491 e. The predicted octanol–water partition coefficient (Wildman–Crippen LogP) is 3.10. The lowest BCUT2D eigenvalue weighted by Gasteiger charge is -2.24. The number of ether oxygens (including phenoxy) is 4. The van der Waals surface area contributed by atoms with Gasteiger partial charge in [0.1, 0.15) is 35.6 Å². The van der Waals surface area contributed by atoms with Crippen molar-refractivity contribution in [3.63, 3.8) is 0 Å². The highest BCUT2D eigenvalue weighted by Crippen LogP contribution is 2.42. The number of hydrogen-bond acceptors (Lipinski definition) is 8. The molecule has 0 bridgehead atoms. The number of nitrogens with two attached hydrogens (primary N) is 1. The molecule has 1 aliphatic heterocycles. The summed E-state index contributed by atoms with van der Waals surface area (Å²) >= 11 is 0. The highest BCUT2D eigenvalue weighted by atomic mass is 16.5. The van der Waals surface area contributed by atoms with Crippen molar-refractivity contribution >= 4 is 11.5 Å². The average molecular weight is 398 g/mol. The van der Waals surface area contributed by atoms with Gasteiger partial charge in [-0.2, -0.15) is 10.2 Å². The molecule has 2 aromatic rings. The monoisotopic (exact) mass is 398 g/mol. The van der Waals surface area contributed by atoms with Crippen LogP contribution >= 0.6 is 0 Å². The summed E-state index contributed by atoms with van der Waals surface area (Å²) in [5.41, 5.74) is 8.77. The van der Waals surface area contributed by atoms with Crippen LogP contribution in [0.2, 0.25) is 0 Å². The van der Waals surface area contributed by atoms with Gasteiger partial charge in [0, 0.05) is 37.8 Å². The third-order valence-corrected chi connectivity index (χ3v) is 4.47. The van der Waals surface area contributed by atoms with Crippen LogP contribution in [0.4, 0.5) is 11.5 Å². The molecule has 0 spiro atoms. The topological polar surface area (TPSA) is 112 Å². The predicted molar refractivity (Wildman–Crippen MR) is 110 cm³/mol. The molecule has 1 aromatic heterocycles. The molecule has 3 rings (SSSR count). The molecule has 1 aromatic carbocycles. The molecule has 8 nitrogen and oxygen atoms in total. The SMILES string of the molecule is CCOCCNc1c(C#N)c(N)nc2c1Cc1ccc(OCCOCC)cc1O2. The fraction of sp³-hybridized carbons (Fsp3) is 0.429. The van der Waals surface area contributed by atoms with E-state index in [1.165, 1.54) is 0 Å². The van der Waals surface area contributed by atoms with Crippen molar-refractivity contribution in [2.45, 2.75) is 20.3 Å². The highest BCUT2D eigenvalue weighted by Gasteiger charge is 2.26. The van der Waals surface area contributed by atoms with Gasteiger partial charge in [0.05, 0.1) is 18.9 Å². The van der Waals surface area contributed by atoms with Crippen LogP contribution in [0.3, 0.4) is 0 Å². The van der Waals surface area contributed by atoms with Gasteiger partial charge in [-0.25, -0.2) is 0 Å². The summed E-state index contributed by atoms with van der Waals surface area (Å²) in [4.78, 5) is 4.31. The molecule has 0 radical (unpaired) electrons. The van der Waals surface area contributed by atoms with Gasteiger partial charge >= 0.3 is 0 Å². The Labute approximate surface area is 170 Å². The van der Waals surface area contributed by atoms with Gasteiger partial charge in [0.15, 0.2) is 0 Å². The normalized spacial score (nSPS) is 11.8. The summed E-state index contributed by atoms with van der Waals surface area (Å²) in [6.45, 7) is 7.25. The second-order valence-corrected chi connectivity index (χ2v) is 6.36. The Kier molecular flexibility index (Phi) is 7.11. The van der Waals surface area contributed by atoms with Crippen molar-refractivity contribution in [1.82, 2.24) is 4.98 Å². The van der Waals surface area contributed by atoms with Crippen LogP contribution in [0.1, 0.15) is 30.5 Å². The number of nitrogens with one attached hydrogen (secondary N) is 1. The number of hydrogen-bond donors (Lipinski definition) is 2. The first-order chi connectivity index (χ1) is 14.2. The molecule has 0 aliphatic carbocycles. The maximum absolute atomic E-state index is 9.55. The Morgan fingerprint density at radius 3 is 2.76 bits per heavy atom. The molecule has 0 saturated carbocycles. The maximum atomic E-state index is 9.55. The third-order valence-electron chi connectivity index (χ3n) is 4.47. The lowest BCUT2D eigenvalue weighted by molar-refractivity contribution is 0.110. The van der Waals surface area contributed by atoms with Crippen LogP contribution in [0.25, 0.3) is 0 Å². The van der Waals surface area contributed by atoms with E-state index in [0.29, 0.717) is 74.6 Å². The number of nitrogens with zero attached hydrogens (tertiary/aromatic N) is 2. The first-order valence-corrected chi connectivity index (χ1v) is 9.73. The second kappa shape index (κ2) is 9.96. The third kappa shape index (κ3) is 4.88. The van der Waals surface area contributed by atoms with E-state index in [1.54, 1.807) is 0 Å². The summed E-state index contributed by atoms with van der Waals surface area (Å²) in [7, 11) is 0. The number of anilines is 2. The molecule has 0 amide bonds. The van der Waals surface area contributed by atoms with Crippen LogP contribution < -0.4 is 20.5 Å². The van der Waals surface area contributed by atoms with Gasteiger partial charge in [-0.3, -0.25) is 0 Å².